The summed E-state index contributed by atoms with van der Waals surface area (Å²) in [6.45, 7) is 0.339. The molecule has 0 heterocycles. The lowest BCUT2D eigenvalue weighted by molar-refractivity contribution is 0.612. The predicted molar refractivity (Wildman–Crippen MR) is 77.9 cm³/mol. The molecule has 0 fully saturated rings. The molecule has 5 heteroatoms. The Kier molecular flexibility index (Phi) is 4.49. The summed E-state index contributed by atoms with van der Waals surface area (Å²) in [5.41, 5.74) is 1.24. The second kappa shape index (κ2) is 5.91. The van der Waals surface area contributed by atoms with Crippen molar-refractivity contribution in [1.82, 2.24) is 0 Å². The largest absolute Gasteiger partial charge is 0.380 e. The third-order valence-corrected chi connectivity index (χ3v) is 3.74. The minimum atomic E-state index is -0.260. The quantitative estimate of drug-likeness (QED) is 0.771. The highest BCUT2D eigenvalue weighted by atomic mass is 79.9. The maximum atomic E-state index is 13.5. The lowest BCUT2D eigenvalue weighted by atomic mass is 10.2. The topological polar surface area (TPSA) is 12.0 Å². The van der Waals surface area contributed by atoms with Crippen LogP contribution in [0.3, 0.4) is 0 Å². The van der Waals surface area contributed by atoms with Crippen LogP contribution in [0.15, 0.2) is 40.9 Å². The zero-order valence-electron chi connectivity index (χ0n) is 9.18. The van der Waals surface area contributed by atoms with Crippen LogP contribution in [0.5, 0.6) is 0 Å². The third-order valence-electron chi connectivity index (χ3n) is 2.43. The number of halogens is 4. The van der Waals surface area contributed by atoms with Crippen LogP contribution < -0.4 is 5.32 Å². The molecule has 0 saturated carbocycles. The highest BCUT2D eigenvalue weighted by molar-refractivity contribution is 9.10. The molecule has 0 spiro atoms. The molecule has 0 amide bonds. The first kappa shape index (κ1) is 13.7. The Morgan fingerprint density at radius 2 is 1.94 bits per heavy atom. The molecule has 0 aliphatic carbocycles. The Bertz CT molecular complexity index is 573. The molecule has 0 aliphatic heterocycles. The van der Waals surface area contributed by atoms with Gasteiger partial charge in [0.2, 0.25) is 0 Å². The lowest BCUT2D eigenvalue weighted by Gasteiger charge is -2.10. The average Bonchev–Trinajstić information content (AvgIpc) is 2.35. The number of hydrogen-bond donors (Lipinski definition) is 1. The van der Waals surface area contributed by atoms with Gasteiger partial charge in [-0.3, -0.25) is 0 Å². The van der Waals surface area contributed by atoms with Crippen molar-refractivity contribution in [2.24, 2.45) is 0 Å². The van der Waals surface area contributed by atoms with Crippen LogP contribution in [0.25, 0.3) is 0 Å². The van der Waals surface area contributed by atoms with Gasteiger partial charge < -0.3 is 5.32 Å². The van der Waals surface area contributed by atoms with Crippen molar-refractivity contribution in [2.45, 2.75) is 6.54 Å². The van der Waals surface area contributed by atoms with Crippen LogP contribution in [0, 0.1) is 5.82 Å². The van der Waals surface area contributed by atoms with Gasteiger partial charge in [0.25, 0.3) is 0 Å². The molecule has 0 saturated heterocycles. The van der Waals surface area contributed by atoms with Crippen LogP contribution in [0.2, 0.25) is 10.0 Å². The average molecular weight is 349 g/mol. The number of rotatable bonds is 3. The molecule has 0 aromatic heterocycles. The van der Waals surface area contributed by atoms with Gasteiger partial charge in [0.1, 0.15) is 5.82 Å². The Hall–Kier alpha value is -0.770. The van der Waals surface area contributed by atoms with Gasteiger partial charge in [-0.2, -0.15) is 0 Å². The van der Waals surface area contributed by atoms with E-state index in [9.17, 15) is 4.39 Å². The van der Waals surface area contributed by atoms with Crippen LogP contribution in [0.1, 0.15) is 5.56 Å². The first-order chi connectivity index (χ1) is 8.58. The molecule has 0 unspecified atom stereocenters. The van der Waals surface area contributed by atoms with E-state index in [1.165, 1.54) is 6.07 Å². The fourth-order valence-corrected chi connectivity index (χ4v) is 2.29. The van der Waals surface area contributed by atoms with E-state index < -0.39 is 0 Å². The fourth-order valence-electron chi connectivity index (χ4n) is 1.51. The molecule has 0 radical (unpaired) electrons. The molecule has 0 atom stereocenters. The van der Waals surface area contributed by atoms with E-state index in [1.807, 2.05) is 0 Å². The van der Waals surface area contributed by atoms with E-state index in [-0.39, 0.29) is 5.82 Å². The second-order valence-corrected chi connectivity index (χ2v) is 5.39. The van der Waals surface area contributed by atoms with Crippen molar-refractivity contribution in [3.63, 3.8) is 0 Å². The number of anilines is 1. The van der Waals surface area contributed by atoms with Crippen molar-refractivity contribution < 1.29 is 4.39 Å². The van der Waals surface area contributed by atoms with Crippen LogP contribution >= 0.6 is 39.1 Å². The summed E-state index contributed by atoms with van der Waals surface area (Å²) < 4.78 is 14.4. The molecule has 1 nitrogen and oxygen atoms in total. The standard InChI is InChI=1S/C13H9BrCl2FN/c14-9-4-5-11(17)8(6-9)7-18-12-3-1-2-10(15)13(12)16/h1-6,18H,7H2. The van der Waals surface area contributed by atoms with Gasteiger partial charge in [-0.1, -0.05) is 45.2 Å². The normalized spacial score (nSPS) is 10.4. The molecule has 94 valence electrons. The number of benzene rings is 2. The Morgan fingerprint density at radius 1 is 1.17 bits per heavy atom. The van der Waals surface area contributed by atoms with Gasteiger partial charge in [0, 0.05) is 16.6 Å². The first-order valence-electron chi connectivity index (χ1n) is 5.20. The first-order valence-corrected chi connectivity index (χ1v) is 6.74. The van der Waals surface area contributed by atoms with E-state index >= 15 is 0 Å². The summed E-state index contributed by atoms with van der Waals surface area (Å²) in [6, 6.07) is 10.1. The van der Waals surface area contributed by atoms with Gasteiger partial charge in [-0.05, 0) is 30.3 Å². The van der Waals surface area contributed by atoms with E-state index in [2.05, 4.69) is 21.2 Å². The summed E-state index contributed by atoms with van der Waals surface area (Å²) in [5, 5.41) is 3.97. The molecule has 0 aliphatic rings. The molecule has 18 heavy (non-hydrogen) atoms. The number of nitrogens with one attached hydrogen (secondary N) is 1. The van der Waals surface area contributed by atoms with Crippen molar-refractivity contribution in [3.8, 4) is 0 Å². The Labute approximate surface area is 123 Å². The Balaban J connectivity index is 2.16. The molecule has 2 rings (SSSR count). The van der Waals surface area contributed by atoms with Gasteiger partial charge in [0.15, 0.2) is 0 Å². The van der Waals surface area contributed by atoms with Crippen LogP contribution in [0.4, 0.5) is 10.1 Å². The molecule has 2 aromatic rings. The van der Waals surface area contributed by atoms with E-state index in [0.29, 0.717) is 27.8 Å². The smallest absolute Gasteiger partial charge is 0.128 e. The maximum Gasteiger partial charge on any atom is 0.128 e. The van der Waals surface area contributed by atoms with Crippen molar-refractivity contribution in [3.05, 3.63) is 62.3 Å². The Morgan fingerprint density at radius 3 is 2.72 bits per heavy atom. The third kappa shape index (κ3) is 3.16. The SMILES string of the molecule is Fc1ccc(Br)cc1CNc1cccc(Cl)c1Cl. The van der Waals surface area contributed by atoms with Crippen molar-refractivity contribution in [2.75, 3.05) is 5.32 Å². The van der Waals surface area contributed by atoms with Gasteiger partial charge in [-0.25, -0.2) is 4.39 Å². The summed E-state index contributed by atoms with van der Waals surface area (Å²) >= 11 is 15.2. The van der Waals surface area contributed by atoms with Gasteiger partial charge >= 0.3 is 0 Å². The predicted octanol–water partition coefficient (Wildman–Crippen LogP) is 5.51. The van der Waals surface area contributed by atoms with Crippen LogP contribution in [-0.2, 0) is 6.54 Å². The maximum absolute atomic E-state index is 13.5. The zero-order chi connectivity index (χ0) is 13.1. The van der Waals surface area contributed by atoms with E-state index in [1.54, 1.807) is 30.3 Å². The van der Waals surface area contributed by atoms with Gasteiger partial charge in [-0.15, -0.1) is 0 Å². The minimum Gasteiger partial charge on any atom is -0.380 e. The summed E-state index contributed by atoms with van der Waals surface area (Å²) in [5.74, 6) is -0.260. The summed E-state index contributed by atoms with van der Waals surface area (Å²) in [7, 11) is 0. The minimum absolute atomic E-state index is 0.260. The highest BCUT2D eigenvalue weighted by Gasteiger charge is 2.06. The molecular formula is C13H9BrCl2FN. The summed E-state index contributed by atoms with van der Waals surface area (Å²) in [4.78, 5) is 0. The van der Waals surface area contributed by atoms with E-state index in [4.69, 9.17) is 23.2 Å². The van der Waals surface area contributed by atoms with Crippen molar-refractivity contribution in [1.29, 1.82) is 0 Å². The second-order valence-electron chi connectivity index (χ2n) is 3.69. The molecule has 0 bridgehead atoms. The molecular weight excluding hydrogens is 340 g/mol. The fraction of sp³-hybridized carbons (Fsp3) is 0.0769. The van der Waals surface area contributed by atoms with Crippen LogP contribution in [-0.4, -0.2) is 0 Å². The summed E-state index contributed by atoms with van der Waals surface area (Å²) in [6.07, 6.45) is 0. The number of hydrogen-bond acceptors (Lipinski definition) is 1. The molecule has 2 aromatic carbocycles. The molecule has 1 N–H and O–H groups in total. The highest BCUT2D eigenvalue weighted by Crippen LogP contribution is 2.30. The zero-order valence-corrected chi connectivity index (χ0v) is 12.3. The monoisotopic (exact) mass is 347 g/mol. The lowest BCUT2D eigenvalue weighted by Crippen LogP contribution is -2.02. The van der Waals surface area contributed by atoms with E-state index in [0.717, 1.165) is 4.47 Å². The van der Waals surface area contributed by atoms with Gasteiger partial charge in [0.05, 0.1) is 15.7 Å². The van der Waals surface area contributed by atoms with Crippen molar-refractivity contribution >= 4 is 44.8 Å².